The highest BCUT2D eigenvalue weighted by Gasteiger charge is 2.28. The molecule has 0 aromatic rings. The van der Waals surface area contributed by atoms with Crippen molar-refractivity contribution in [1.29, 1.82) is 0 Å². The van der Waals surface area contributed by atoms with Crippen LogP contribution in [0, 0.1) is 11.8 Å². The number of nitrogens with one attached hydrogen (secondary N) is 1. The molecule has 0 saturated carbocycles. The average molecular weight is 198 g/mol. The summed E-state index contributed by atoms with van der Waals surface area (Å²) in [5, 5.41) is 3.35. The van der Waals surface area contributed by atoms with Gasteiger partial charge in [-0.2, -0.15) is 0 Å². The summed E-state index contributed by atoms with van der Waals surface area (Å²) in [6.07, 6.45) is 0.958. The summed E-state index contributed by atoms with van der Waals surface area (Å²) in [4.78, 5) is 13.4. The fourth-order valence-corrected chi connectivity index (χ4v) is 1.58. The van der Waals surface area contributed by atoms with Crippen LogP contribution < -0.4 is 5.32 Å². The number of hydrogen-bond donors (Lipinski definition) is 1. The zero-order valence-electron chi connectivity index (χ0n) is 9.71. The number of likely N-dealkylation sites (N-methyl/N-ethyl adjacent to an activating group) is 1. The molecule has 3 heteroatoms. The second-order valence-electron chi connectivity index (χ2n) is 4.73. The highest BCUT2D eigenvalue weighted by atomic mass is 16.2. The van der Waals surface area contributed by atoms with Crippen molar-refractivity contribution in [3.05, 3.63) is 0 Å². The zero-order valence-corrected chi connectivity index (χ0v) is 9.71. The molecule has 1 aliphatic heterocycles. The highest BCUT2D eigenvalue weighted by molar-refractivity contribution is 5.83. The maximum atomic E-state index is 11.6. The minimum absolute atomic E-state index is 0.0706. The van der Waals surface area contributed by atoms with Gasteiger partial charge >= 0.3 is 0 Å². The Kier molecular flexibility index (Phi) is 3.93. The molecule has 1 aliphatic rings. The van der Waals surface area contributed by atoms with Crippen molar-refractivity contribution in [1.82, 2.24) is 10.2 Å². The largest absolute Gasteiger partial charge is 0.344 e. The average Bonchev–Trinajstić information content (AvgIpc) is 2.44. The molecule has 1 saturated heterocycles. The van der Waals surface area contributed by atoms with Gasteiger partial charge in [-0.1, -0.05) is 20.8 Å². The molecule has 1 heterocycles. The van der Waals surface area contributed by atoms with Crippen molar-refractivity contribution in [2.75, 3.05) is 20.1 Å². The second-order valence-corrected chi connectivity index (χ2v) is 4.73. The van der Waals surface area contributed by atoms with Crippen molar-refractivity contribution >= 4 is 5.91 Å². The normalized spacial score (nSPS) is 24.8. The Labute approximate surface area is 86.9 Å². The molecule has 82 valence electrons. The van der Waals surface area contributed by atoms with Crippen LogP contribution in [0.5, 0.6) is 0 Å². The van der Waals surface area contributed by atoms with Crippen LogP contribution in [0.4, 0.5) is 0 Å². The van der Waals surface area contributed by atoms with Gasteiger partial charge in [-0.15, -0.1) is 0 Å². The molecule has 14 heavy (non-hydrogen) atoms. The van der Waals surface area contributed by atoms with E-state index in [1.807, 2.05) is 7.05 Å². The van der Waals surface area contributed by atoms with Gasteiger partial charge < -0.3 is 10.2 Å². The molecule has 0 bridgehead atoms. The first-order valence-corrected chi connectivity index (χ1v) is 5.50. The van der Waals surface area contributed by atoms with Crippen LogP contribution in [-0.4, -0.2) is 37.0 Å². The van der Waals surface area contributed by atoms with E-state index in [-0.39, 0.29) is 11.9 Å². The van der Waals surface area contributed by atoms with E-state index in [1.54, 1.807) is 4.90 Å². The van der Waals surface area contributed by atoms with Gasteiger partial charge in [0.15, 0.2) is 0 Å². The minimum atomic E-state index is 0.0706. The Morgan fingerprint density at radius 3 is 2.57 bits per heavy atom. The van der Waals surface area contributed by atoms with Crippen molar-refractivity contribution in [3.8, 4) is 0 Å². The number of carbonyl (C=O) groups is 1. The molecule has 0 radical (unpaired) electrons. The van der Waals surface area contributed by atoms with Gasteiger partial charge in [0.2, 0.25) is 5.91 Å². The topological polar surface area (TPSA) is 32.3 Å². The molecule has 1 amide bonds. The lowest BCUT2D eigenvalue weighted by molar-refractivity contribution is -0.128. The van der Waals surface area contributed by atoms with E-state index < -0.39 is 0 Å². The third kappa shape index (κ3) is 2.71. The molecule has 2 atom stereocenters. The molecular weight excluding hydrogens is 176 g/mol. The maximum absolute atomic E-state index is 11.6. The summed E-state index contributed by atoms with van der Waals surface area (Å²) < 4.78 is 0. The van der Waals surface area contributed by atoms with Gasteiger partial charge in [-0.25, -0.2) is 0 Å². The number of likely N-dealkylation sites (tertiary alicyclic amines) is 1. The van der Waals surface area contributed by atoms with E-state index in [2.05, 4.69) is 26.1 Å². The Bertz CT molecular complexity index is 203. The van der Waals surface area contributed by atoms with E-state index in [0.29, 0.717) is 11.8 Å². The Morgan fingerprint density at radius 1 is 1.50 bits per heavy atom. The standard InChI is InChI=1S/C11H22N2O/c1-8(2)9(3)7-12-10-5-6-13(4)11(10)14/h8-10,12H,5-7H2,1-4H3. The number of carbonyl (C=O) groups excluding carboxylic acids is 1. The summed E-state index contributed by atoms with van der Waals surface area (Å²) in [6.45, 7) is 8.50. The fourth-order valence-electron chi connectivity index (χ4n) is 1.58. The quantitative estimate of drug-likeness (QED) is 0.733. The van der Waals surface area contributed by atoms with Crippen LogP contribution >= 0.6 is 0 Å². The number of amides is 1. The molecule has 2 unspecified atom stereocenters. The lowest BCUT2D eigenvalue weighted by Crippen LogP contribution is -2.39. The van der Waals surface area contributed by atoms with Crippen molar-refractivity contribution < 1.29 is 4.79 Å². The number of hydrogen-bond acceptors (Lipinski definition) is 2. The lowest BCUT2D eigenvalue weighted by Gasteiger charge is -2.18. The van der Waals surface area contributed by atoms with Crippen LogP contribution in [0.15, 0.2) is 0 Å². The molecule has 1 fully saturated rings. The summed E-state index contributed by atoms with van der Waals surface area (Å²) >= 11 is 0. The summed E-state index contributed by atoms with van der Waals surface area (Å²) in [5.74, 6) is 1.56. The number of rotatable bonds is 4. The Hall–Kier alpha value is -0.570. The molecule has 0 aromatic heterocycles. The maximum Gasteiger partial charge on any atom is 0.239 e. The molecule has 0 aromatic carbocycles. The highest BCUT2D eigenvalue weighted by Crippen LogP contribution is 2.11. The van der Waals surface area contributed by atoms with Crippen LogP contribution in [0.1, 0.15) is 27.2 Å². The molecule has 0 spiro atoms. The van der Waals surface area contributed by atoms with Gasteiger partial charge in [0, 0.05) is 13.6 Å². The van der Waals surface area contributed by atoms with E-state index in [0.717, 1.165) is 19.5 Å². The second kappa shape index (κ2) is 4.78. The van der Waals surface area contributed by atoms with Crippen molar-refractivity contribution in [3.63, 3.8) is 0 Å². The van der Waals surface area contributed by atoms with E-state index in [1.165, 1.54) is 0 Å². The summed E-state index contributed by atoms with van der Waals surface area (Å²) in [5.41, 5.74) is 0. The van der Waals surface area contributed by atoms with Gasteiger partial charge in [0.1, 0.15) is 0 Å². The van der Waals surface area contributed by atoms with Crippen molar-refractivity contribution in [2.24, 2.45) is 11.8 Å². The first-order valence-electron chi connectivity index (χ1n) is 5.50. The van der Waals surface area contributed by atoms with Crippen LogP contribution in [-0.2, 0) is 4.79 Å². The monoisotopic (exact) mass is 198 g/mol. The first-order chi connectivity index (χ1) is 6.52. The van der Waals surface area contributed by atoms with Crippen LogP contribution in [0.3, 0.4) is 0 Å². The van der Waals surface area contributed by atoms with E-state index in [4.69, 9.17) is 0 Å². The van der Waals surface area contributed by atoms with Crippen LogP contribution in [0.2, 0.25) is 0 Å². The number of nitrogens with zero attached hydrogens (tertiary/aromatic N) is 1. The first kappa shape index (κ1) is 11.5. The Morgan fingerprint density at radius 2 is 2.14 bits per heavy atom. The third-order valence-corrected chi connectivity index (χ3v) is 3.25. The van der Waals surface area contributed by atoms with Crippen molar-refractivity contribution in [2.45, 2.75) is 33.2 Å². The third-order valence-electron chi connectivity index (χ3n) is 3.25. The molecule has 1 rings (SSSR count). The fraction of sp³-hybridized carbons (Fsp3) is 0.909. The molecule has 0 aliphatic carbocycles. The van der Waals surface area contributed by atoms with Gasteiger partial charge in [0.25, 0.3) is 0 Å². The van der Waals surface area contributed by atoms with Gasteiger partial charge in [-0.3, -0.25) is 4.79 Å². The van der Waals surface area contributed by atoms with Gasteiger partial charge in [-0.05, 0) is 24.8 Å². The predicted molar refractivity (Wildman–Crippen MR) is 58.0 cm³/mol. The van der Waals surface area contributed by atoms with Gasteiger partial charge in [0.05, 0.1) is 6.04 Å². The Balaban J connectivity index is 2.29. The minimum Gasteiger partial charge on any atom is -0.344 e. The lowest BCUT2D eigenvalue weighted by atomic mass is 9.98. The molecule has 3 nitrogen and oxygen atoms in total. The smallest absolute Gasteiger partial charge is 0.239 e. The van der Waals surface area contributed by atoms with Crippen LogP contribution in [0.25, 0.3) is 0 Å². The SMILES string of the molecule is CC(C)C(C)CNC1CCN(C)C1=O. The predicted octanol–water partition coefficient (Wildman–Crippen LogP) is 1.10. The van der Waals surface area contributed by atoms with E-state index in [9.17, 15) is 4.79 Å². The molecule has 1 N–H and O–H groups in total. The summed E-state index contributed by atoms with van der Waals surface area (Å²) in [7, 11) is 1.87. The molecular formula is C11H22N2O. The van der Waals surface area contributed by atoms with E-state index >= 15 is 0 Å². The zero-order chi connectivity index (χ0) is 10.7. The summed E-state index contributed by atoms with van der Waals surface area (Å²) in [6, 6.07) is 0.0706.